The Labute approximate surface area is 88.4 Å². The second-order valence-corrected chi connectivity index (χ2v) is 3.33. The largest absolute Gasteiger partial charge is 0.482 e. The Kier molecular flexibility index (Phi) is 3.44. The third kappa shape index (κ3) is 3.09. The molecule has 4 heteroatoms. The zero-order valence-corrected chi connectivity index (χ0v) is 8.86. The third-order valence-corrected chi connectivity index (χ3v) is 1.94. The number of carbonyl (C=O) groups is 1. The van der Waals surface area contributed by atoms with E-state index in [2.05, 4.69) is 6.72 Å². The summed E-state index contributed by atoms with van der Waals surface area (Å²) in [6, 6.07) is 5.37. The molecule has 0 fully saturated rings. The van der Waals surface area contributed by atoms with E-state index in [0.717, 1.165) is 11.3 Å². The van der Waals surface area contributed by atoms with Gasteiger partial charge in [0.25, 0.3) is 0 Å². The Morgan fingerprint density at radius 2 is 2.27 bits per heavy atom. The first-order valence-electron chi connectivity index (χ1n) is 4.50. The molecular weight excluding hydrogens is 194 g/mol. The number of hydrogen-bond donors (Lipinski definition) is 1. The molecule has 0 unspecified atom stereocenters. The lowest BCUT2D eigenvalue weighted by atomic mass is 10.2. The average Bonchev–Trinajstić information content (AvgIpc) is 2.14. The van der Waals surface area contributed by atoms with Crippen LogP contribution in [0.25, 0.3) is 0 Å². The molecule has 0 aliphatic carbocycles. The number of nitrogens with zero attached hydrogens (tertiary/aromatic N) is 1. The maximum Gasteiger partial charge on any atom is 0.341 e. The molecule has 0 amide bonds. The fourth-order valence-corrected chi connectivity index (χ4v) is 1.29. The molecule has 0 spiro atoms. The molecule has 0 aromatic heterocycles. The first-order chi connectivity index (χ1) is 7.00. The molecule has 1 rings (SSSR count). The topological polar surface area (TPSA) is 49.5 Å². The molecule has 0 aliphatic rings. The average molecular weight is 208 g/mol. The van der Waals surface area contributed by atoms with E-state index in [0.29, 0.717) is 5.75 Å². The van der Waals surface area contributed by atoms with Gasteiger partial charge in [-0.1, -0.05) is 0 Å². The first-order valence-corrected chi connectivity index (χ1v) is 4.50. The molecule has 80 valence electrons. The van der Waals surface area contributed by atoms with Gasteiger partial charge < -0.3 is 9.84 Å². The van der Waals surface area contributed by atoms with Gasteiger partial charge in [-0.3, -0.25) is 0 Å². The van der Waals surface area contributed by atoms with Crippen LogP contribution in [-0.2, 0) is 4.79 Å². The fourth-order valence-electron chi connectivity index (χ4n) is 1.29. The molecule has 1 N–H and O–H groups in total. The predicted molar refractivity (Wildman–Crippen MR) is 57.3 cm³/mol. The Balaban J connectivity index is 2.82. The van der Waals surface area contributed by atoms with Gasteiger partial charge in [-0.05, 0) is 19.1 Å². The molecule has 1 aromatic carbocycles. The second-order valence-electron chi connectivity index (χ2n) is 3.33. The SMILES string of the molecule is C=[N+](C)c1ccc(OCC(=O)O)cc1C. The van der Waals surface area contributed by atoms with Crippen LogP contribution in [0.3, 0.4) is 0 Å². The van der Waals surface area contributed by atoms with Crippen molar-refractivity contribution in [2.45, 2.75) is 6.92 Å². The molecule has 0 saturated carbocycles. The Hall–Kier alpha value is -1.84. The maximum absolute atomic E-state index is 10.3. The number of aliphatic carboxylic acids is 1. The summed E-state index contributed by atoms with van der Waals surface area (Å²) >= 11 is 0. The van der Waals surface area contributed by atoms with Crippen molar-refractivity contribution in [3.8, 4) is 5.75 Å². The van der Waals surface area contributed by atoms with Crippen molar-refractivity contribution in [2.24, 2.45) is 0 Å². The highest BCUT2D eigenvalue weighted by Gasteiger charge is 2.07. The van der Waals surface area contributed by atoms with Gasteiger partial charge in [-0.25, -0.2) is 9.37 Å². The highest BCUT2D eigenvalue weighted by Crippen LogP contribution is 2.22. The smallest absolute Gasteiger partial charge is 0.341 e. The Bertz CT molecular complexity index is 399. The van der Waals surface area contributed by atoms with Crippen LogP contribution >= 0.6 is 0 Å². The highest BCUT2D eigenvalue weighted by atomic mass is 16.5. The van der Waals surface area contributed by atoms with Crippen LogP contribution in [0.1, 0.15) is 5.56 Å². The molecule has 0 saturated heterocycles. The summed E-state index contributed by atoms with van der Waals surface area (Å²) in [5.41, 5.74) is 1.98. The number of carboxylic acids is 1. The van der Waals surface area contributed by atoms with Gasteiger partial charge in [-0.15, -0.1) is 0 Å². The molecule has 1 aromatic rings. The van der Waals surface area contributed by atoms with Crippen molar-refractivity contribution in [1.82, 2.24) is 0 Å². The van der Waals surface area contributed by atoms with E-state index in [-0.39, 0.29) is 6.61 Å². The van der Waals surface area contributed by atoms with E-state index in [1.54, 1.807) is 16.7 Å². The number of benzene rings is 1. The molecule has 0 radical (unpaired) electrons. The predicted octanol–water partition coefficient (Wildman–Crippen LogP) is 1.43. The molecule has 0 bridgehead atoms. The summed E-state index contributed by atoms with van der Waals surface area (Å²) < 4.78 is 6.79. The standard InChI is InChI=1S/C11H13NO3/c1-8-6-9(15-7-11(13)14)4-5-10(8)12(2)3/h4-6H,2,7H2,1,3H3/p+1. The lowest BCUT2D eigenvalue weighted by Crippen LogP contribution is -2.09. The molecule has 0 atom stereocenters. The molecule has 0 heterocycles. The van der Waals surface area contributed by atoms with E-state index < -0.39 is 5.97 Å². The zero-order valence-electron chi connectivity index (χ0n) is 8.86. The van der Waals surface area contributed by atoms with Crippen LogP contribution in [0.5, 0.6) is 5.75 Å². The summed E-state index contributed by atoms with van der Waals surface area (Å²) in [7, 11) is 1.85. The number of hydrogen-bond acceptors (Lipinski definition) is 2. The van der Waals surface area contributed by atoms with Gasteiger partial charge in [0.1, 0.15) is 19.5 Å². The van der Waals surface area contributed by atoms with Crippen LogP contribution in [-0.4, -0.2) is 36.0 Å². The van der Waals surface area contributed by atoms with Crippen molar-refractivity contribution in [2.75, 3.05) is 13.7 Å². The van der Waals surface area contributed by atoms with Crippen LogP contribution < -0.4 is 4.74 Å². The number of rotatable bonds is 4. The van der Waals surface area contributed by atoms with Crippen LogP contribution in [0.4, 0.5) is 5.69 Å². The van der Waals surface area contributed by atoms with Crippen molar-refractivity contribution >= 4 is 18.4 Å². The summed E-state index contributed by atoms with van der Waals surface area (Å²) in [5.74, 6) is -0.425. The minimum atomic E-state index is -0.981. The van der Waals surface area contributed by atoms with Gasteiger partial charge >= 0.3 is 5.97 Å². The second kappa shape index (κ2) is 4.59. The Morgan fingerprint density at radius 3 is 2.73 bits per heavy atom. The maximum atomic E-state index is 10.3. The number of carboxylic acid groups (broad SMARTS) is 1. The van der Waals surface area contributed by atoms with E-state index in [9.17, 15) is 4.79 Å². The third-order valence-electron chi connectivity index (χ3n) is 1.94. The van der Waals surface area contributed by atoms with Crippen molar-refractivity contribution < 1.29 is 19.2 Å². The van der Waals surface area contributed by atoms with Gasteiger partial charge in [-0.2, -0.15) is 0 Å². The van der Waals surface area contributed by atoms with E-state index >= 15 is 0 Å². The van der Waals surface area contributed by atoms with Crippen LogP contribution in [0, 0.1) is 6.92 Å². The van der Waals surface area contributed by atoms with E-state index in [1.807, 2.05) is 20.0 Å². The summed E-state index contributed by atoms with van der Waals surface area (Å²) in [6.45, 7) is 5.37. The normalized spacial score (nSPS) is 9.73. The summed E-state index contributed by atoms with van der Waals surface area (Å²) in [6.07, 6.45) is 0. The zero-order chi connectivity index (χ0) is 11.4. The molecular formula is C11H14NO3+. The van der Waals surface area contributed by atoms with Gasteiger partial charge in [0.15, 0.2) is 6.61 Å². The summed E-state index contributed by atoms with van der Waals surface area (Å²) in [5, 5.41) is 8.44. The lowest BCUT2D eigenvalue weighted by Gasteiger charge is -2.05. The van der Waals surface area contributed by atoms with E-state index in [1.165, 1.54) is 0 Å². The molecule has 4 nitrogen and oxygen atoms in total. The van der Waals surface area contributed by atoms with Gasteiger partial charge in [0.2, 0.25) is 5.69 Å². The van der Waals surface area contributed by atoms with Gasteiger partial charge in [0.05, 0.1) is 0 Å². The fraction of sp³-hybridized carbons (Fsp3) is 0.273. The van der Waals surface area contributed by atoms with Crippen molar-refractivity contribution in [3.05, 3.63) is 23.8 Å². The van der Waals surface area contributed by atoms with E-state index in [4.69, 9.17) is 9.84 Å². The first kappa shape index (κ1) is 11.2. The van der Waals surface area contributed by atoms with Crippen LogP contribution in [0.2, 0.25) is 0 Å². The monoisotopic (exact) mass is 208 g/mol. The number of ether oxygens (including phenoxy) is 1. The summed E-state index contributed by atoms with van der Waals surface area (Å²) in [4.78, 5) is 10.3. The quantitative estimate of drug-likeness (QED) is 0.601. The van der Waals surface area contributed by atoms with Gasteiger partial charge in [0, 0.05) is 11.6 Å². The van der Waals surface area contributed by atoms with Crippen molar-refractivity contribution in [1.29, 1.82) is 0 Å². The van der Waals surface area contributed by atoms with Crippen LogP contribution in [0.15, 0.2) is 18.2 Å². The highest BCUT2D eigenvalue weighted by molar-refractivity contribution is 5.68. The lowest BCUT2D eigenvalue weighted by molar-refractivity contribution is -0.395. The van der Waals surface area contributed by atoms with Crippen molar-refractivity contribution in [3.63, 3.8) is 0 Å². The molecule has 0 aliphatic heterocycles. The minimum absolute atomic E-state index is 0.320. The number of aryl methyl sites for hydroxylation is 1. The molecule has 15 heavy (non-hydrogen) atoms. The Morgan fingerprint density at radius 1 is 1.60 bits per heavy atom. The minimum Gasteiger partial charge on any atom is -0.482 e.